The first kappa shape index (κ1) is 19.0. The number of nitrogens with one attached hydrogen (secondary N) is 1. The fourth-order valence-corrected chi connectivity index (χ4v) is 4.64. The van der Waals surface area contributed by atoms with Crippen LogP contribution in [0.3, 0.4) is 0 Å². The molecule has 5 rings (SSSR count). The molecule has 3 N–H and O–H groups in total. The Hall–Kier alpha value is -2.99. The summed E-state index contributed by atoms with van der Waals surface area (Å²) < 4.78 is 2.02. The lowest BCUT2D eigenvalue weighted by Gasteiger charge is -2.14. The van der Waals surface area contributed by atoms with Crippen molar-refractivity contribution in [2.45, 2.75) is 58.5 Å². The molecule has 3 heterocycles. The fraction of sp³-hybridized carbons (Fsp3) is 0.375. The highest BCUT2D eigenvalue weighted by Gasteiger charge is 2.19. The summed E-state index contributed by atoms with van der Waals surface area (Å²) in [5.41, 5.74) is 15.2. The number of aromatic nitrogens is 5. The zero-order valence-corrected chi connectivity index (χ0v) is 17.8. The van der Waals surface area contributed by atoms with Crippen molar-refractivity contribution in [3.8, 4) is 22.5 Å². The van der Waals surface area contributed by atoms with Crippen molar-refractivity contribution in [2.24, 2.45) is 5.73 Å². The van der Waals surface area contributed by atoms with Gasteiger partial charge < -0.3 is 10.7 Å². The number of hydrogen-bond donors (Lipinski definition) is 2. The molecule has 1 atom stereocenters. The van der Waals surface area contributed by atoms with Crippen LogP contribution in [0.1, 0.15) is 62.0 Å². The third kappa shape index (κ3) is 3.12. The molecule has 0 radical (unpaired) electrons. The molecular weight excluding hydrogens is 372 g/mol. The molecule has 6 nitrogen and oxygen atoms in total. The lowest BCUT2D eigenvalue weighted by atomic mass is 9.94. The number of H-pyrrole nitrogens is 1. The molecule has 0 fully saturated rings. The van der Waals surface area contributed by atoms with Gasteiger partial charge in [-0.15, -0.1) is 0 Å². The fourth-order valence-electron chi connectivity index (χ4n) is 4.64. The molecule has 1 aliphatic carbocycles. The van der Waals surface area contributed by atoms with Crippen LogP contribution in [0, 0.1) is 6.92 Å². The number of nitrogens with zero attached hydrogens (tertiary/aromatic N) is 4. The lowest BCUT2D eigenvalue weighted by Crippen LogP contribution is -2.10. The number of aromatic amines is 1. The standard InChI is InChI=1S/C24H28N6/c1-14(2)30-15(3)20(13-27-30)23-28-22-19(10-11-26-24(22)29-23)17-8-9-18-16(12-17)6-4-5-7-21(18)25/h8-14,21H,4-7,25H2,1-3H3,(H,26,28,29)/t21-/m0/s1. The van der Waals surface area contributed by atoms with Gasteiger partial charge in [0.05, 0.1) is 17.3 Å². The van der Waals surface area contributed by atoms with Crippen molar-refractivity contribution < 1.29 is 0 Å². The third-order valence-corrected chi connectivity index (χ3v) is 6.25. The number of aryl methyl sites for hydroxylation is 1. The van der Waals surface area contributed by atoms with Gasteiger partial charge in [-0.1, -0.05) is 24.6 Å². The van der Waals surface area contributed by atoms with E-state index < -0.39 is 0 Å². The van der Waals surface area contributed by atoms with E-state index in [2.05, 4.69) is 60.1 Å². The first-order valence-electron chi connectivity index (χ1n) is 10.8. The van der Waals surface area contributed by atoms with Crippen molar-refractivity contribution in [1.29, 1.82) is 0 Å². The second-order valence-electron chi connectivity index (χ2n) is 8.59. The minimum absolute atomic E-state index is 0.147. The van der Waals surface area contributed by atoms with Gasteiger partial charge in [0.2, 0.25) is 0 Å². The number of nitrogens with two attached hydrogens (primary N) is 1. The largest absolute Gasteiger partial charge is 0.336 e. The van der Waals surface area contributed by atoms with E-state index in [-0.39, 0.29) is 6.04 Å². The van der Waals surface area contributed by atoms with E-state index >= 15 is 0 Å². The van der Waals surface area contributed by atoms with Gasteiger partial charge in [0, 0.05) is 29.5 Å². The van der Waals surface area contributed by atoms with Gasteiger partial charge >= 0.3 is 0 Å². The van der Waals surface area contributed by atoms with Crippen LogP contribution in [0.4, 0.5) is 0 Å². The molecule has 154 valence electrons. The van der Waals surface area contributed by atoms with Crippen LogP contribution < -0.4 is 5.73 Å². The predicted octanol–water partition coefficient (Wildman–Crippen LogP) is 5.10. The van der Waals surface area contributed by atoms with Crippen LogP contribution in [0.15, 0.2) is 36.7 Å². The van der Waals surface area contributed by atoms with Crippen molar-refractivity contribution in [2.75, 3.05) is 0 Å². The maximum atomic E-state index is 6.40. The van der Waals surface area contributed by atoms with Crippen LogP contribution in [0.2, 0.25) is 0 Å². The second kappa shape index (κ2) is 7.36. The number of fused-ring (bicyclic) bond motifs is 2. The van der Waals surface area contributed by atoms with E-state index in [4.69, 9.17) is 10.7 Å². The number of imidazole rings is 1. The van der Waals surface area contributed by atoms with Gasteiger partial charge in [0.25, 0.3) is 0 Å². The van der Waals surface area contributed by atoms with Crippen LogP contribution in [0.25, 0.3) is 33.7 Å². The molecule has 0 saturated heterocycles. The summed E-state index contributed by atoms with van der Waals surface area (Å²) in [6.07, 6.45) is 8.27. The number of pyridine rings is 1. The van der Waals surface area contributed by atoms with Crippen LogP contribution in [-0.2, 0) is 6.42 Å². The number of hydrogen-bond acceptors (Lipinski definition) is 4. The molecule has 30 heavy (non-hydrogen) atoms. The Kier molecular flexibility index (Phi) is 4.66. The van der Waals surface area contributed by atoms with Crippen molar-refractivity contribution in [1.82, 2.24) is 24.7 Å². The lowest BCUT2D eigenvalue weighted by molar-refractivity contribution is 0.519. The van der Waals surface area contributed by atoms with Gasteiger partial charge in [-0.3, -0.25) is 4.68 Å². The maximum absolute atomic E-state index is 6.40. The Morgan fingerprint density at radius 2 is 2.03 bits per heavy atom. The molecule has 4 aromatic rings. The van der Waals surface area contributed by atoms with E-state index in [9.17, 15) is 0 Å². The SMILES string of the molecule is Cc1c(-c2nc3nccc(-c4ccc5c(c4)CCCC[C@@H]5N)c3[nH]2)cnn1C(C)C. The predicted molar refractivity (Wildman–Crippen MR) is 120 cm³/mol. The summed E-state index contributed by atoms with van der Waals surface area (Å²) in [7, 11) is 0. The highest BCUT2D eigenvalue weighted by Crippen LogP contribution is 2.34. The van der Waals surface area contributed by atoms with Crippen LogP contribution in [0.5, 0.6) is 0 Å². The molecule has 6 heteroatoms. The molecule has 0 saturated carbocycles. The molecular formula is C24H28N6. The molecule has 1 aromatic carbocycles. The highest BCUT2D eigenvalue weighted by atomic mass is 15.3. The summed E-state index contributed by atoms with van der Waals surface area (Å²) in [5.74, 6) is 0.811. The van der Waals surface area contributed by atoms with Crippen molar-refractivity contribution in [3.63, 3.8) is 0 Å². The van der Waals surface area contributed by atoms with E-state index in [0.717, 1.165) is 46.7 Å². The maximum Gasteiger partial charge on any atom is 0.178 e. The topological polar surface area (TPSA) is 85.4 Å². The van der Waals surface area contributed by atoms with Gasteiger partial charge in [-0.2, -0.15) is 5.10 Å². The molecule has 0 amide bonds. The third-order valence-electron chi connectivity index (χ3n) is 6.25. The first-order valence-corrected chi connectivity index (χ1v) is 10.8. The molecule has 1 aliphatic rings. The monoisotopic (exact) mass is 400 g/mol. The van der Waals surface area contributed by atoms with E-state index in [0.29, 0.717) is 6.04 Å². The molecule has 0 unspecified atom stereocenters. The Morgan fingerprint density at radius 1 is 1.17 bits per heavy atom. The normalized spacial score (nSPS) is 16.8. The summed E-state index contributed by atoms with van der Waals surface area (Å²) in [6, 6.07) is 9.21. The minimum Gasteiger partial charge on any atom is -0.336 e. The molecule has 3 aromatic heterocycles. The summed E-state index contributed by atoms with van der Waals surface area (Å²) in [5, 5.41) is 4.53. The van der Waals surface area contributed by atoms with Gasteiger partial charge in [0.1, 0.15) is 5.82 Å². The Morgan fingerprint density at radius 3 is 2.83 bits per heavy atom. The van der Waals surface area contributed by atoms with Crippen molar-refractivity contribution in [3.05, 3.63) is 53.5 Å². The first-order chi connectivity index (χ1) is 14.5. The molecule has 0 spiro atoms. The second-order valence-corrected chi connectivity index (χ2v) is 8.59. The van der Waals surface area contributed by atoms with Gasteiger partial charge in [0.15, 0.2) is 5.65 Å². The van der Waals surface area contributed by atoms with Crippen molar-refractivity contribution >= 4 is 11.2 Å². The zero-order chi connectivity index (χ0) is 20.8. The Balaban J connectivity index is 1.61. The van der Waals surface area contributed by atoms with Gasteiger partial charge in [-0.05, 0) is 62.8 Å². The Labute approximate surface area is 176 Å². The average molecular weight is 401 g/mol. The summed E-state index contributed by atoms with van der Waals surface area (Å²) >= 11 is 0. The molecule has 0 aliphatic heterocycles. The minimum atomic E-state index is 0.147. The summed E-state index contributed by atoms with van der Waals surface area (Å²) in [6.45, 7) is 6.35. The van der Waals surface area contributed by atoms with Crippen LogP contribution in [-0.4, -0.2) is 24.7 Å². The highest BCUT2D eigenvalue weighted by molar-refractivity contribution is 5.91. The van der Waals surface area contributed by atoms with E-state index in [1.165, 1.54) is 29.5 Å². The average Bonchev–Trinajstić information content (AvgIpc) is 3.28. The number of benzene rings is 1. The zero-order valence-electron chi connectivity index (χ0n) is 17.8. The van der Waals surface area contributed by atoms with E-state index in [1.807, 2.05) is 17.1 Å². The smallest absolute Gasteiger partial charge is 0.178 e. The molecule has 0 bridgehead atoms. The van der Waals surface area contributed by atoms with Gasteiger partial charge in [-0.25, -0.2) is 9.97 Å². The summed E-state index contributed by atoms with van der Waals surface area (Å²) in [4.78, 5) is 12.8. The quantitative estimate of drug-likeness (QED) is 0.468. The Bertz CT molecular complexity index is 1220. The number of rotatable bonds is 3. The van der Waals surface area contributed by atoms with Crippen LogP contribution >= 0.6 is 0 Å². The van der Waals surface area contributed by atoms with E-state index in [1.54, 1.807) is 0 Å².